The fourth-order valence-corrected chi connectivity index (χ4v) is 5.98. The van der Waals surface area contributed by atoms with Crippen LogP contribution in [0.2, 0.25) is 0 Å². The van der Waals surface area contributed by atoms with Crippen LogP contribution in [-0.2, 0) is 6.54 Å². The maximum Gasteiger partial charge on any atom is 0.417 e. The average Bonchev–Trinajstić information content (AvgIpc) is 3.11. The largest absolute Gasteiger partial charge is 0.493 e. The van der Waals surface area contributed by atoms with Gasteiger partial charge in [0.05, 0.1) is 31.6 Å². The van der Waals surface area contributed by atoms with Crippen molar-refractivity contribution in [3.8, 4) is 34.4 Å². The van der Waals surface area contributed by atoms with Crippen LogP contribution in [0.15, 0.2) is 82.6 Å². The zero-order chi connectivity index (χ0) is 34.5. The summed E-state index contributed by atoms with van der Waals surface area (Å²) in [5.41, 5.74) is -0.876. The third-order valence-corrected chi connectivity index (χ3v) is 8.52. The number of aryl methyl sites for hydroxylation is 1. The molecule has 5 aromatic rings. The highest BCUT2D eigenvalue weighted by Gasteiger charge is 2.20. The summed E-state index contributed by atoms with van der Waals surface area (Å²) in [4.78, 5) is 44.1. The Morgan fingerprint density at radius 3 is 2.33 bits per heavy atom. The number of benzene rings is 3. The summed E-state index contributed by atoms with van der Waals surface area (Å²) < 4.78 is 53.0. The van der Waals surface area contributed by atoms with Crippen molar-refractivity contribution in [3.63, 3.8) is 0 Å². The van der Waals surface area contributed by atoms with Gasteiger partial charge in [-0.25, -0.2) is 22.9 Å². The molecule has 1 amide bonds. The number of nitrogens with one attached hydrogen (secondary N) is 1. The van der Waals surface area contributed by atoms with E-state index in [1.807, 2.05) is 0 Å². The molecule has 1 saturated carbocycles. The fourth-order valence-electron chi connectivity index (χ4n) is 5.98. The van der Waals surface area contributed by atoms with Gasteiger partial charge >= 0.3 is 17.3 Å². The van der Waals surface area contributed by atoms with Gasteiger partial charge in [-0.1, -0.05) is 32.1 Å². The van der Waals surface area contributed by atoms with Crippen LogP contribution in [-0.4, -0.2) is 34.4 Å². The second-order valence-corrected chi connectivity index (χ2v) is 11.7. The Morgan fingerprint density at radius 2 is 1.61 bits per heavy atom. The van der Waals surface area contributed by atoms with E-state index in [4.69, 9.17) is 18.9 Å². The number of nitrogens with zero attached hydrogens (tertiary/aromatic N) is 3. The van der Waals surface area contributed by atoms with Gasteiger partial charge in [-0.05, 0) is 60.9 Å². The van der Waals surface area contributed by atoms with Crippen LogP contribution < -0.4 is 35.5 Å². The van der Waals surface area contributed by atoms with Gasteiger partial charge in [0.2, 0.25) is 5.75 Å². The maximum atomic E-state index is 15.3. The molecule has 2 aromatic heterocycles. The van der Waals surface area contributed by atoms with Gasteiger partial charge in [-0.2, -0.15) is 0 Å². The number of methoxy groups -OCH3 is 2. The van der Waals surface area contributed by atoms with Crippen LogP contribution >= 0.6 is 0 Å². The van der Waals surface area contributed by atoms with Crippen LogP contribution in [0.3, 0.4) is 0 Å². The number of anilines is 1. The smallest absolute Gasteiger partial charge is 0.417 e. The number of aromatic nitrogens is 3. The molecule has 0 radical (unpaired) electrons. The van der Waals surface area contributed by atoms with E-state index in [0.29, 0.717) is 47.0 Å². The van der Waals surface area contributed by atoms with Crippen molar-refractivity contribution in [1.82, 2.24) is 14.1 Å². The number of fused-ring (bicyclic) bond motifs is 1. The molecular formula is C36H34F2N4O7. The minimum Gasteiger partial charge on any atom is -0.493 e. The standard InChI is InChI=1S/C36H34F2N4O7/c1-46-31-19-26-28(20-32(31)47-2)39-16-14-29(26)48-30-13-10-24(18-27(30)38)40-35(44)49-33-21-41(17-15-22-6-4-3-5-7-22)36(45)42(34(33)43)25-11-8-23(37)9-12-25/h8-14,16,18-22H,3-7,15,17H2,1-2H3,(H,40,44). The fraction of sp³-hybridized carbons (Fsp3) is 0.278. The first-order valence-electron chi connectivity index (χ1n) is 15.8. The molecule has 11 nitrogen and oxygen atoms in total. The van der Waals surface area contributed by atoms with Crippen molar-refractivity contribution >= 4 is 22.7 Å². The number of carbonyl (C=O) groups is 1. The maximum absolute atomic E-state index is 15.3. The molecule has 3 aromatic carbocycles. The predicted octanol–water partition coefficient (Wildman–Crippen LogP) is 7.22. The molecule has 13 heteroatoms. The summed E-state index contributed by atoms with van der Waals surface area (Å²) in [6.45, 7) is 0.294. The van der Waals surface area contributed by atoms with Gasteiger partial charge in [0, 0.05) is 35.9 Å². The molecule has 2 heterocycles. The molecule has 0 aliphatic heterocycles. The Labute approximate surface area is 279 Å². The van der Waals surface area contributed by atoms with Crippen molar-refractivity contribution in [1.29, 1.82) is 0 Å². The summed E-state index contributed by atoms with van der Waals surface area (Å²) in [6.07, 6.45) is 7.89. The molecule has 1 aliphatic rings. The highest BCUT2D eigenvalue weighted by atomic mass is 19.1. The average molecular weight is 673 g/mol. The molecular weight excluding hydrogens is 638 g/mol. The van der Waals surface area contributed by atoms with Gasteiger partial charge in [-0.15, -0.1) is 0 Å². The molecule has 1 aliphatic carbocycles. The molecule has 0 saturated heterocycles. The van der Waals surface area contributed by atoms with Crippen LogP contribution in [0.5, 0.6) is 28.7 Å². The first-order chi connectivity index (χ1) is 23.7. The van der Waals surface area contributed by atoms with E-state index < -0.39 is 34.7 Å². The normalized spacial score (nSPS) is 13.2. The Balaban J connectivity index is 1.22. The minimum atomic E-state index is -1.09. The van der Waals surface area contributed by atoms with Crippen molar-refractivity contribution in [2.24, 2.45) is 5.92 Å². The second-order valence-electron chi connectivity index (χ2n) is 11.7. The Bertz CT molecular complexity index is 2110. The van der Waals surface area contributed by atoms with Crippen LogP contribution in [0, 0.1) is 17.6 Å². The lowest BCUT2D eigenvalue weighted by Crippen LogP contribution is -2.40. The van der Waals surface area contributed by atoms with Crippen molar-refractivity contribution in [2.45, 2.75) is 45.1 Å². The summed E-state index contributed by atoms with van der Waals surface area (Å²) in [5.74, 6) is -0.240. The number of carbonyl (C=O) groups excluding carboxylic acids is 1. The number of rotatable bonds is 10. The Hall–Kier alpha value is -5.72. The van der Waals surface area contributed by atoms with E-state index in [-0.39, 0.29) is 17.1 Å². The number of hydrogen-bond donors (Lipinski definition) is 1. The van der Waals surface area contributed by atoms with Gasteiger partial charge in [0.25, 0.3) is 0 Å². The monoisotopic (exact) mass is 672 g/mol. The first kappa shape index (κ1) is 33.2. The van der Waals surface area contributed by atoms with E-state index in [1.54, 1.807) is 18.2 Å². The van der Waals surface area contributed by atoms with Crippen LogP contribution in [0.1, 0.15) is 38.5 Å². The van der Waals surface area contributed by atoms with Crippen molar-refractivity contribution in [3.05, 3.63) is 106 Å². The lowest BCUT2D eigenvalue weighted by atomic mass is 9.87. The summed E-state index contributed by atoms with van der Waals surface area (Å²) in [6, 6.07) is 13.5. The third-order valence-electron chi connectivity index (χ3n) is 8.52. The minimum absolute atomic E-state index is 0.0188. The lowest BCUT2D eigenvalue weighted by molar-refractivity contribution is 0.213. The van der Waals surface area contributed by atoms with Crippen LogP contribution in [0.25, 0.3) is 16.6 Å². The van der Waals surface area contributed by atoms with E-state index in [0.717, 1.165) is 48.4 Å². The third kappa shape index (κ3) is 7.40. The number of hydrogen-bond acceptors (Lipinski definition) is 8. The van der Waals surface area contributed by atoms with Gasteiger partial charge in [-0.3, -0.25) is 19.7 Å². The van der Waals surface area contributed by atoms with Gasteiger partial charge in [0.1, 0.15) is 11.6 Å². The molecule has 0 bridgehead atoms. The highest BCUT2D eigenvalue weighted by molar-refractivity contribution is 5.88. The zero-order valence-electron chi connectivity index (χ0n) is 26.9. The summed E-state index contributed by atoms with van der Waals surface area (Å²) in [5, 5.41) is 2.96. The first-order valence-corrected chi connectivity index (χ1v) is 15.8. The zero-order valence-corrected chi connectivity index (χ0v) is 26.9. The molecule has 0 atom stereocenters. The van der Waals surface area contributed by atoms with Gasteiger partial charge < -0.3 is 18.9 Å². The molecule has 0 spiro atoms. The molecule has 49 heavy (non-hydrogen) atoms. The quantitative estimate of drug-likeness (QED) is 0.165. The number of pyridine rings is 1. The van der Waals surface area contributed by atoms with Crippen molar-refractivity contribution < 1.29 is 32.5 Å². The summed E-state index contributed by atoms with van der Waals surface area (Å²) >= 11 is 0. The van der Waals surface area contributed by atoms with Crippen molar-refractivity contribution in [2.75, 3.05) is 19.5 Å². The Morgan fingerprint density at radius 1 is 0.878 bits per heavy atom. The Kier molecular flexibility index (Phi) is 9.88. The van der Waals surface area contributed by atoms with E-state index in [9.17, 15) is 18.8 Å². The number of amides is 1. The summed E-state index contributed by atoms with van der Waals surface area (Å²) in [7, 11) is 3.00. The predicted molar refractivity (Wildman–Crippen MR) is 178 cm³/mol. The highest BCUT2D eigenvalue weighted by Crippen LogP contribution is 2.37. The second kappa shape index (κ2) is 14.6. The lowest BCUT2D eigenvalue weighted by Gasteiger charge is -2.22. The topological polar surface area (TPSA) is 123 Å². The SMILES string of the molecule is COc1cc2nccc(Oc3ccc(NC(=O)Oc4cn(CCC5CCCCC5)c(=O)n(-c5ccc(F)cc5)c4=O)cc3F)c2cc1OC. The van der Waals surface area contributed by atoms with Gasteiger partial charge in [0.15, 0.2) is 23.1 Å². The molecule has 1 N–H and O–H groups in total. The number of ether oxygens (including phenoxy) is 4. The molecule has 254 valence electrons. The molecule has 0 unspecified atom stereocenters. The number of halogens is 2. The van der Waals surface area contributed by atoms with Crippen LogP contribution in [0.4, 0.5) is 19.3 Å². The van der Waals surface area contributed by atoms with E-state index in [1.165, 1.54) is 61.9 Å². The molecule has 1 fully saturated rings. The van der Waals surface area contributed by atoms with E-state index in [2.05, 4.69) is 10.3 Å². The van der Waals surface area contributed by atoms with E-state index >= 15 is 4.39 Å². The molecule has 6 rings (SSSR count).